The van der Waals surface area contributed by atoms with E-state index < -0.39 is 0 Å². The van der Waals surface area contributed by atoms with E-state index >= 15 is 0 Å². The Balaban J connectivity index is 1.83. The first-order valence-electron chi connectivity index (χ1n) is 6.43. The molecule has 1 aliphatic rings. The summed E-state index contributed by atoms with van der Waals surface area (Å²) in [4.78, 5) is 0. The molecule has 96 valence electrons. The lowest BCUT2D eigenvalue weighted by molar-refractivity contribution is 0.358. The SMILES string of the molecule is CCSC1CCCCC1NCc1nnc(C)o1. The summed E-state index contributed by atoms with van der Waals surface area (Å²) >= 11 is 2.07. The van der Waals surface area contributed by atoms with Crippen LogP contribution in [-0.4, -0.2) is 27.2 Å². The number of nitrogens with zero attached hydrogens (tertiary/aromatic N) is 2. The van der Waals surface area contributed by atoms with Crippen molar-refractivity contribution in [1.82, 2.24) is 15.5 Å². The van der Waals surface area contributed by atoms with Crippen LogP contribution in [0.2, 0.25) is 0 Å². The van der Waals surface area contributed by atoms with Crippen LogP contribution in [0.4, 0.5) is 0 Å². The van der Waals surface area contributed by atoms with Crippen molar-refractivity contribution >= 4 is 11.8 Å². The summed E-state index contributed by atoms with van der Waals surface area (Å²) in [5, 5.41) is 12.2. The zero-order chi connectivity index (χ0) is 12.1. The van der Waals surface area contributed by atoms with Crippen LogP contribution in [0.15, 0.2) is 4.42 Å². The van der Waals surface area contributed by atoms with Crippen molar-refractivity contribution in [2.75, 3.05) is 5.75 Å². The number of nitrogens with one attached hydrogen (secondary N) is 1. The van der Waals surface area contributed by atoms with E-state index in [2.05, 4.69) is 34.2 Å². The van der Waals surface area contributed by atoms with Gasteiger partial charge >= 0.3 is 0 Å². The van der Waals surface area contributed by atoms with Gasteiger partial charge in [-0.05, 0) is 18.6 Å². The monoisotopic (exact) mass is 255 g/mol. The molecular formula is C12H21N3OS. The second-order valence-electron chi connectivity index (χ2n) is 4.48. The van der Waals surface area contributed by atoms with Crippen molar-refractivity contribution in [1.29, 1.82) is 0 Å². The Kier molecular flexibility index (Phi) is 4.86. The molecule has 0 radical (unpaired) electrons. The second-order valence-corrected chi connectivity index (χ2v) is 6.00. The van der Waals surface area contributed by atoms with E-state index in [1.807, 2.05) is 6.92 Å². The Morgan fingerprint density at radius 2 is 2.18 bits per heavy atom. The summed E-state index contributed by atoms with van der Waals surface area (Å²) in [6.45, 7) is 4.76. The van der Waals surface area contributed by atoms with Gasteiger partial charge in [0.2, 0.25) is 11.8 Å². The van der Waals surface area contributed by atoms with Crippen LogP contribution in [-0.2, 0) is 6.54 Å². The van der Waals surface area contributed by atoms with Gasteiger partial charge < -0.3 is 9.73 Å². The Bertz CT molecular complexity index is 340. The number of aromatic nitrogens is 2. The van der Waals surface area contributed by atoms with E-state index in [9.17, 15) is 0 Å². The van der Waals surface area contributed by atoms with Crippen LogP contribution in [0, 0.1) is 6.92 Å². The first kappa shape index (κ1) is 12.9. The minimum absolute atomic E-state index is 0.598. The summed E-state index contributed by atoms with van der Waals surface area (Å²) in [6, 6.07) is 0.598. The molecular weight excluding hydrogens is 234 g/mol. The van der Waals surface area contributed by atoms with Gasteiger partial charge in [0.05, 0.1) is 6.54 Å². The maximum atomic E-state index is 5.38. The number of aryl methyl sites for hydroxylation is 1. The van der Waals surface area contributed by atoms with Gasteiger partial charge in [-0.2, -0.15) is 11.8 Å². The molecule has 4 nitrogen and oxygen atoms in total. The molecule has 1 fully saturated rings. The average molecular weight is 255 g/mol. The third-order valence-electron chi connectivity index (χ3n) is 3.17. The largest absolute Gasteiger partial charge is 0.424 e. The van der Waals surface area contributed by atoms with E-state index in [1.54, 1.807) is 0 Å². The molecule has 0 aliphatic heterocycles. The highest BCUT2D eigenvalue weighted by Gasteiger charge is 2.24. The van der Waals surface area contributed by atoms with Crippen LogP contribution in [0.1, 0.15) is 44.4 Å². The molecule has 0 aromatic carbocycles. The fourth-order valence-electron chi connectivity index (χ4n) is 2.37. The number of thioether (sulfide) groups is 1. The predicted molar refractivity (Wildman–Crippen MR) is 70.1 cm³/mol. The van der Waals surface area contributed by atoms with E-state index in [0.29, 0.717) is 24.4 Å². The van der Waals surface area contributed by atoms with Crippen molar-refractivity contribution in [2.24, 2.45) is 0 Å². The molecule has 1 saturated carbocycles. The topological polar surface area (TPSA) is 51.0 Å². The highest BCUT2D eigenvalue weighted by Crippen LogP contribution is 2.28. The van der Waals surface area contributed by atoms with Crippen molar-refractivity contribution in [3.63, 3.8) is 0 Å². The van der Waals surface area contributed by atoms with E-state index in [0.717, 1.165) is 5.25 Å². The molecule has 1 aromatic heterocycles. The zero-order valence-electron chi connectivity index (χ0n) is 10.6. The Hall–Kier alpha value is -0.550. The number of hydrogen-bond donors (Lipinski definition) is 1. The lowest BCUT2D eigenvalue weighted by atomic mass is 9.95. The van der Waals surface area contributed by atoms with Crippen LogP contribution in [0.5, 0.6) is 0 Å². The summed E-state index contributed by atoms with van der Waals surface area (Å²) in [5.74, 6) is 2.54. The van der Waals surface area contributed by atoms with Crippen molar-refractivity contribution in [2.45, 2.75) is 57.4 Å². The van der Waals surface area contributed by atoms with Crippen LogP contribution in [0.25, 0.3) is 0 Å². The Morgan fingerprint density at radius 3 is 2.88 bits per heavy atom. The fraction of sp³-hybridized carbons (Fsp3) is 0.833. The molecule has 1 N–H and O–H groups in total. The van der Waals surface area contributed by atoms with Gasteiger partial charge in [0.15, 0.2) is 0 Å². The van der Waals surface area contributed by atoms with Gasteiger partial charge in [-0.1, -0.05) is 19.8 Å². The molecule has 17 heavy (non-hydrogen) atoms. The molecule has 1 heterocycles. The smallest absolute Gasteiger partial charge is 0.230 e. The van der Waals surface area contributed by atoms with Gasteiger partial charge in [0, 0.05) is 18.2 Å². The van der Waals surface area contributed by atoms with Crippen molar-refractivity contribution in [3.05, 3.63) is 11.8 Å². The number of hydrogen-bond acceptors (Lipinski definition) is 5. The molecule has 0 amide bonds. The third-order valence-corrected chi connectivity index (χ3v) is 4.49. The highest BCUT2D eigenvalue weighted by atomic mass is 32.2. The van der Waals surface area contributed by atoms with Crippen molar-refractivity contribution in [3.8, 4) is 0 Å². The van der Waals surface area contributed by atoms with Crippen LogP contribution < -0.4 is 5.32 Å². The maximum Gasteiger partial charge on any atom is 0.230 e. The first-order chi connectivity index (χ1) is 8.29. The van der Waals surface area contributed by atoms with Gasteiger partial charge in [-0.25, -0.2) is 0 Å². The Labute approximate surface area is 107 Å². The average Bonchev–Trinajstić information content (AvgIpc) is 2.74. The van der Waals surface area contributed by atoms with E-state index in [-0.39, 0.29) is 0 Å². The summed E-state index contributed by atoms with van der Waals surface area (Å²) < 4.78 is 5.38. The Morgan fingerprint density at radius 1 is 1.35 bits per heavy atom. The quantitative estimate of drug-likeness (QED) is 0.876. The molecule has 2 atom stereocenters. The minimum Gasteiger partial charge on any atom is -0.424 e. The van der Waals surface area contributed by atoms with Crippen LogP contribution in [0.3, 0.4) is 0 Å². The molecule has 0 saturated heterocycles. The summed E-state index contributed by atoms with van der Waals surface area (Å²) in [7, 11) is 0. The fourth-order valence-corrected chi connectivity index (χ4v) is 3.60. The molecule has 2 rings (SSSR count). The molecule has 2 unspecified atom stereocenters. The molecule has 0 bridgehead atoms. The van der Waals surface area contributed by atoms with Gasteiger partial charge in [-0.15, -0.1) is 10.2 Å². The number of rotatable bonds is 5. The van der Waals surface area contributed by atoms with Gasteiger partial charge in [0.1, 0.15) is 0 Å². The van der Waals surface area contributed by atoms with E-state index in [4.69, 9.17) is 4.42 Å². The predicted octanol–water partition coefficient (Wildman–Crippen LogP) is 2.53. The molecule has 1 aromatic rings. The lowest BCUT2D eigenvalue weighted by Gasteiger charge is -2.31. The minimum atomic E-state index is 0.598. The normalized spacial score (nSPS) is 25.1. The molecule has 0 spiro atoms. The maximum absolute atomic E-state index is 5.38. The standard InChI is InChI=1S/C12H21N3OS/c1-3-17-11-7-5-4-6-10(11)13-8-12-15-14-9(2)16-12/h10-11,13H,3-8H2,1-2H3. The third kappa shape index (κ3) is 3.71. The lowest BCUT2D eigenvalue weighted by Crippen LogP contribution is -2.40. The summed E-state index contributed by atoms with van der Waals surface area (Å²) in [6.07, 6.45) is 5.31. The molecule has 1 aliphatic carbocycles. The highest BCUT2D eigenvalue weighted by molar-refractivity contribution is 7.99. The first-order valence-corrected chi connectivity index (χ1v) is 7.48. The van der Waals surface area contributed by atoms with Crippen LogP contribution >= 0.6 is 11.8 Å². The van der Waals surface area contributed by atoms with E-state index in [1.165, 1.54) is 31.4 Å². The van der Waals surface area contributed by atoms with Gasteiger partial charge in [-0.3, -0.25) is 0 Å². The van der Waals surface area contributed by atoms with Crippen molar-refractivity contribution < 1.29 is 4.42 Å². The second kappa shape index (κ2) is 6.40. The zero-order valence-corrected chi connectivity index (χ0v) is 11.4. The van der Waals surface area contributed by atoms with Gasteiger partial charge in [0.25, 0.3) is 0 Å². The molecule has 5 heteroatoms. The summed E-state index contributed by atoms with van der Waals surface area (Å²) in [5.41, 5.74) is 0.